The zero-order valence-corrected chi connectivity index (χ0v) is 19.8. The Bertz CT molecular complexity index is 1120. The van der Waals surface area contributed by atoms with Crippen LogP contribution in [0.25, 0.3) is 16.6 Å². The Hall–Kier alpha value is -2.81. The number of aromatic amines is 1. The highest BCUT2D eigenvalue weighted by Crippen LogP contribution is 2.17. The summed E-state index contributed by atoms with van der Waals surface area (Å²) in [5.74, 6) is 0.756. The fraction of sp³-hybridized carbons (Fsp3) is 0.217. The number of aryl methyl sites for hydroxylation is 2. The minimum Gasteiger partial charge on any atom is -0.357 e. The van der Waals surface area contributed by atoms with E-state index in [-0.39, 0.29) is 24.0 Å². The lowest BCUT2D eigenvalue weighted by Gasteiger charge is -2.15. The van der Waals surface area contributed by atoms with Gasteiger partial charge in [-0.25, -0.2) is 4.68 Å². The Balaban J connectivity index is 0.00000256. The minimum atomic E-state index is 0. The second kappa shape index (κ2) is 9.80. The van der Waals surface area contributed by atoms with Crippen molar-refractivity contribution >= 4 is 40.8 Å². The van der Waals surface area contributed by atoms with E-state index in [1.807, 2.05) is 35.9 Å². The topological polar surface area (TPSA) is 70.0 Å². The highest BCUT2D eigenvalue weighted by Gasteiger charge is 2.09. The van der Waals surface area contributed by atoms with Gasteiger partial charge < -0.3 is 15.6 Å². The van der Waals surface area contributed by atoms with E-state index >= 15 is 0 Å². The number of nitrogens with zero attached hydrogens (tertiary/aromatic N) is 3. The molecule has 4 aromatic rings. The molecule has 0 aliphatic carbocycles. The number of aliphatic imine (C=N–C) groups is 1. The molecule has 0 fully saturated rings. The first kappa shape index (κ1) is 21.9. The summed E-state index contributed by atoms with van der Waals surface area (Å²) in [6.07, 6.45) is 0. The number of nitrogens with one attached hydrogen (secondary N) is 3. The van der Waals surface area contributed by atoms with Gasteiger partial charge in [-0.1, -0.05) is 36.4 Å². The molecular formula is C23H27IN6. The van der Waals surface area contributed by atoms with Crippen molar-refractivity contribution in [3.05, 3.63) is 83.3 Å². The fourth-order valence-electron chi connectivity index (χ4n) is 3.55. The summed E-state index contributed by atoms with van der Waals surface area (Å²) in [5, 5.41) is 12.6. The largest absolute Gasteiger partial charge is 0.357 e. The molecule has 0 saturated heterocycles. The summed E-state index contributed by atoms with van der Waals surface area (Å²) in [7, 11) is 1.79. The molecule has 3 N–H and O–H groups in total. The van der Waals surface area contributed by atoms with Crippen LogP contribution in [0.4, 0.5) is 0 Å². The minimum absolute atomic E-state index is 0. The molecule has 0 radical (unpaired) electrons. The second-order valence-electron chi connectivity index (χ2n) is 7.13. The van der Waals surface area contributed by atoms with Crippen LogP contribution in [0.5, 0.6) is 0 Å². The SMILES string of the molecule is CN=C(NCc1cc2ccccc2[nH]1)NCc1ccccc1-n1nc(C)cc1C.I. The predicted molar refractivity (Wildman–Crippen MR) is 134 cm³/mol. The molecule has 0 bridgehead atoms. The zero-order chi connectivity index (χ0) is 20.2. The van der Waals surface area contributed by atoms with Gasteiger partial charge >= 0.3 is 0 Å². The van der Waals surface area contributed by atoms with Crippen molar-refractivity contribution in [3.8, 4) is 5.69 Å². The molecule has 6 nitrogen and oxygen atoms in total. The van der Waals surface area contributed by atoms with Crippen molar-refractivity contribution in [2.75, 3.05) is 7.05 Å². The molecule has 4 rings (SSSR count). The summed E-state index contributed by atoms with van der Waals surface area (Å²) in [5.41, 5.74) is 6.64. The molecule has 2 aromatic carbocycles. The van der Waals surface area contributed by atoms with Crippen molar-refractivity contribution in [3.63, 3.8) is 0 Å². The smallest absolute Gasteiger partial charge is 0.191 e. The van der Waals surface area contributed by atoms with Crippen molar-refractivity contribution in [1.82, 2.24) is 25.4 Å². The Morgan fingerprint density at radius 3 is 2.47 bits per heavy atom. The molecular weight excluding hydrogens is 487 g/mol. The number of halogens is 1. The molecule has 2 aromatic heterocycles. The van der Waals surface area contributed by atoms with E-state index in [2.05, 4.69) is 69.0 Å². The maximum absolute atomic E-state index is 4.62. The van der Waals surface area contributed by atoms with Gasteiger partial charge in [-0.3, -0.25) is 4.99 Å². The molecule has 2 heterocycles. The van der Waals surface area contributed by atoms with E-state index in [1.54, 1.807) is 7.05 Å². The van der Waals surface area contributed by atoms with Crippen molar-refractivity contribution in [1.29, 1.82) is 0 Å². The summed E-state index contributed by atoms with van der Waals surface area (Å²) in [4.78, 5) is 7.79. The molecule has 0 atom stereocenters. The predicted octanol–water partition coefficient (Wildman–Crippen LogP) is 4.45. The first-order valence-corrected chi connectivity index (χ1v) is 9.77. The number of benzene rings is 2. The number of fused-ring (bicyclic) bond motifs is 1. The molecule has 0 aliphatic heterocycles. The lowest BCUT2D eigenvalue weighted by Crippen LogP contribution is -2.36. The van der Waals surface area contributed by atoms with Crippen LogP contribution in [0.1, 0.15) is 22.6 Å². The summed E-state index contributed by atoms with van der Waals surface area (Å²) in [6.45, 7) is 5.42. The van der Waals surface area contributed by atoms with Gasteiger partial charge in [0.25, 0.3) is 0 Å². The lowest BCUT2D eigenvalue weighted by atomic mass is 10.1. The van der Waals surface area contributed by atoms with E-state index in [0.717, 1.165) is 39.8 Å². The van der Waals surface area contributed by atoms with Gasteiger partial charge in [0, 0.05) is 30.5 Å². The van der Waals surface area contributed by atoms with Gasteiger partial charge in [-0.05, 0) is 49.1 Å². The third-order valence-electron chi connectivity index (χ3n) is 4.93. The highest BCUT2D eigenvalue weighted by atomic mass is 127. The second-order valence-corrected chi connectivity index (χ2v) is 7.13. The maximum atomic E-state index is 4.62. The Morgan fingerprint density at radius 2 is 1.73 bits per heavy atom. The fourth-order valence-corrected chi connectivity index (χ4v) is 3.55. The van der Waals surface area contributed by atoms with Gasteiger partial charge in [0.1, 0.15) is 0 Å². The average molecular weight is 514 g/mol. The average Bonchev–Trinajstić information content (AvgIpc) is 3.30. The summed E-state index contributed by atoms with van der Waals surface area (Å²) in [6, 6.07) is 20.8. The Labute approximate surface area is 193 Å². The van der Waals surface area contributed by atoms with Crippen LogP contribution in [0.3, 0.4) is 0 Å². The lowest BCUT2D eigenvalue weighted by molar-refractivity contribution is 0.777. The first-order chi connectivity index (χ1) is 14.1. The molecule has 0 amide bonds. The van der Waals surface area contributed by atoms with Gasteiger partial charge in [-0.15, -0.1) is 24.0 Å². The number of rotatable bonds is 5. The molecule has 0 saturated carbocycles. The third kappa shape index (κ3) is 4.84. The summed E-state index contributed by atoms with van der Waals surface area (Å²) < 4.78 is 1.99. The Kier molecular flexibility index (Phi) is 7.15. The van der Waals surface area contributed by atoms with Crippen molar-refractivity contribution < 1.29 is 0 Å². The quantitative estimate of drug-likeness (QED) is 0.209. The number of hydrogen-bond acceptors (Lipinski definition) is 2. The molecule has 0 aliphatic rings. The van der Waals surface area contributed by atoms with E-state index in [4.69, 9.17) is 0 Å². The van der Waals surface area contributed by atoms with E-state index in [1.165, 1.54) is 5.39 Å². The van der Waals surface area contributed by atoms with Crippen molar-refractivity contribution in [2.45, 2.75) is 26.9 Å². The normalized spacial score (nSPS) is 11.4. The first-order valence-electron chi connectivity index (χ1n) is 9.77. The summed E-state index contributed by atoms with van der Waals surface area (Å²) >= 11 is 0. The maximum Gasteiger partial charge on any atom is 0.191 e. The van der Waals surface area contributed by atoms with Crippen LogP contribution in [0.15, 0.2) is 65.7 Å². The van der Waals surface area contributed by atoms with Gasteiger partial charge in [0.05, 0.1) is 17.9 Å². The number of para-hydroxylation sites is 2. The van der Waals surface area contributed by atoms with E-state index in [9.17, 15) is 0 Å². The van der Waals surface area contributed by atoms with E-state index < -0.39 is 0 Å². The van der Waals surface area contributed by atoms with Crippen LogP contribution in [0, 0.1) is 13.8 Å². The van der Waals surface area contributed by atoms with Gasteiger partial charge in [0.15, 0.2) is 5.96 Å². The monoisotopic (exact) mass is 514 g/mol. The zero-order valence-electron chi connectivity index (χ0n) is 17.4. The Morgan fingerprint density at radius 1 is 1.00 bits per heavy atom. The standard InChI is InChI=1S/C23H26N6.HI/c1-16-12-17(2)29(28-16)22-11-7-5-9-19(22)14-25-23(24-3)26-15-20-13-18-8-4-6-10-21(18)27-20;/h4-13,27H,14-15H2,1-3H3,(H2,24,25,26);1H. The number of hydrogen-bond donors (Lipinski definition) is 3. The molecule has 0 spiro atoms. The van der Waals surface area contributed by atoms with Crippen LogP contribution >= 0.6 is 24.0 Å². The number of aromatic nitrogens is 3. The number of H-pyrrole nitrogens is 1. The van der Waals surface area contributed by atoms with Crippen LogP contribution < -0.4 is 10.6 Å². The molecule has 7 heteroatoms. The van der Waals surface area contributed by atoms with Crippen LogP contribution in [-0.4, -0.2) is 27.8 Å². The molecule has 0 unspecified atom stereocenters. The van der Waals surface area contributed by atoms with Crippen LogP contribution in [0.2, 0.25) is 0 Å². The van der Waals surface area contributed by atoms with Crippen LogP contribution in [-0.2, 0) is 13.1 Å². The van der Waals surface area contributed by atoms with Gasteiger partial charge in [0.2, 0.25) is 0 Å². The molecule has 30 heavy (non-hydrogen) atoms. The van der Waals surface area contributed by atoms with E-state index in [0.29, 0.717) is 13.1 Å². The number of guanidine groups is 1. The van der Waals surface area contributed by atoms with Gasteiger partial charge in [-0.2, -0.15) is 5.10 Å². The van der Waals surface area contributed by atoms with Crippen molar-refractivity contribution in [2.24, 2.45) is 4.99 Å². The third-order valence-corrected chi connectivity index (χ3v) is 4.93. The molecule has 156 valence electrons. The highest BCUT2D eigenvalue weighted by molar-refractivity contribution is 14.0.